The van der Waals surface area contributed by atoms with Crippen LogP contribution in [-0.2, 0) is 9.53 Å². The molecule has 1 aromatic carbocycles. The lowest BCUT2D eigenvalue weighted by Crippen LogP contribution is -2.48. The number of amides is 2. The van der Waals surface area contributed by atoms with Gasteiger partial charge in [0.25, 0.3) is 0 Å². The molecule has 1 heterocycles. The van der Waals surface area contributed by atoms with E-state index in [4.69, 9.17) is 9.15 Å². The van der Waals surface area contributed by atoms with Gasteiger partial charge in [0.05, 0.1) is 5.52 Å². The molecule has 0 saturated heterocycles. The van der Waals surface area contributed by atoms with Crippen LogP contribution >= 0.6 is 0 Å². The summed E-state index contributed by atoms with van der Waals surface area (Å²) in [6.07, 6.45) is -0.659. The van der Waals surface area contributed by atoms with E-state index in [1.54, 1.807) is 32.9 Å². The first-order valence-corrected chi connectivity index (χ1v) is 7.98. The smallest absolute Gasteiger partial charge is 0.417 e. The van der Waals surface area contributed by atoms with E-state index in [-0.39, 0.29) is 5.92 Å². The molecule has 0 saturated carbocycles. The second-order valence-electron chi connectivity index (χ2n) is 7.08. The normalized spacial score (nSPS) is 12.9. The van der Waals surface area contributed by atoms with E-state index in [2.05, 4.69) is 15.6 Å². The number of aromatic nitrogens is 1. The predicted octanol–water partition coefficient (Wildman–Crippen LogP) is 2.61. The molecule has 0 radical (unpaired) electrons. The van der Waals surface area contributed by atoms with E-state index >= 15 is 0 Å². The topological polar surface area (TPSA) is 113 Å². The second-order valence-corrected chi connectivity index (χ2v) is 7.08. The number of anilines is 1. The van der Waals surface area contributed by atoms with E-state index in [1.807, 2.05) is 13.8 Å². The Labute approximate surface area is 144 Å². The number of alkyl carbamates (subject to hydrolysis) is 1. The maximum absolute atomic E-state index is 12.5. The van der Waals surface area contributed by atoms with Crippen LogP contribution < -0.4 is 16.4 Å². The summed E-state index contributed by atoms with van der Waals surface area (Å²) >= 11 is 0. The molecule has 2 amide bonds. The molecule has 8 heteroatoms. The maximum atomic E-state index is 12.5. The molecule has 0 bridgehead atoms. The summed E-state index contributed by atoms with van der Waals surface area (Å²) in [5.41, 5.74) is 0.676. The van der Waals surface area contributed by atoms with E-state index in [9.17, 15) is 14.4 Å². The van der Waals surface area contributed by atoms with Crippen molar-refractivity contribution < 1.29 is 18.7 Å². The van der Waals surface area contributed by atoms with Gasteiger partial charge in [-0.1, -0.05) is 13.8 Å². The van der Waals surface area contributed by atoms with Gasteiger partial charge in [0.15, 0.2) is 5.58 Å². The molecule has 1 aromatic heterocycles. The number of aromatic amines is 1. The minimum absolute atomic E-state index is 0.151. The van der Waals surface area contributed by atoms with Crippen LogP contribution in [-0.4, -0.2) is 28.6 Å². The van der Waals surface area contributed by atoms with Gasteiger partial charge >= 0.3 is 11.8 Å². The van der Waals surface area contributed by atoms with Gasteiger partial charge < -0.3 is 19.8 Å². The lowest BCUT2D eigenvalue weighted by molar-refractivity contribution is -0.119. The first-order chi connectivity index (χ1) is 11.5. The average Bonchev–Trinajstić information content (AvgIpc) is 2.81. The Morgan fingerprint density at radius 1 is 1.24 bits per heavy atom. The van der Waals surface area contributed by atoms with Crippen molar-refractivity contribution in [2.45, 2.75) is 46.3 Å². The van der Waals surface area contributed by atoms with Crippen LogP contribution in [0.1, 0.15) is 34.6 Å². The van der Waals surface area contributed by atoms with Crippen LogP contribution in [0.2, 0.25) is 0 Å². The molecule has 0 aliphatic heterocycles. The van der Waals surface area contributed by atoms with Crippen LogP contribution in [0, 0.1) is 5.92 Å². The molecular formula is C17H23N3O5. The summed E-state index contributed by atoms with van der Waals surface area (Å²) in [5, 5.41) is 5.29. The predicted molar refractivity (Wildman–Crippen MR) is 93.5 cm³/mol. The zero-order chi connectivity index (χ0) is 18.8. The summed E-state index contributed by atoms with van der Waals surface area (Å²) in [6.45, 7) is 8.87. The number of hydrogen-bond donors (Lipinski definition) is 3. The van der Waals surface area contributed by atoms with E-state index in [0.29, 0.717) is 16.8 Å². The molecule has 2 rings (SSSR count). The third-order valence-electron chi connectivity index (χ3n) is 3.31. The van der Waals surface area contributed by atoms with Crippen molar-refractivity contribution in [1.82, 2.24) is 10.3 Å². The SMILES string of the molecule is CC(C)C(NC(=O)OC(C)(C)C)C(=O)Nc1ccc2[nH]c(=O)oc2c1. The molecule has 2 aromatic rings. The van der Waals surface area contributed by atoms with Crippen molar-refractivity contribution in [2.24, 2.45) is 5.92 Å². The van der Waals surface area contributed by atoms with Crippen molar-refractivity contribution in [1.29, 1.82) is 0 Å². The van der Waals surface area contributed by atoms with Gasteiger partial charge in [0.1, 0.15) is 11.6 Å². The van der Waals surface area contributed by atoms with E-state index in [1.165, 1.54) is 6.07 Å². The van der Waals surface area contributed by atoms with Crippen LogP contribution in [0.15, 0.2) is 27.4 Å². The molecule has 0 fully saturated rings. The summed E-state index contributed by atoms with van der Waals surface area (Å²) in [5.74, 6) is -1.11. The average molecular weight is 349 g/mol. The molecule has 3 N–H and O–H groups in total. The number of rotatable bonds is 4. The van der Waals surface area contributed by atoms with Gasteiger partial charge in [-0.15, -0.1) is 0 Å². The van der Waals surface area contributed by atoms with Crippen LogP contribution in [0.3, 0.4) is 0 Å². The summed E-state index contributed by atoms with van der Waals surface area (Å²) < 4.78 is 10.2. The number of ether oxygens (including phenoxy) is 1. The van der Waals surface area contributed by atoms with Crippen LogP contribution in [0.5, 0.6) is 0 Å². The highest BCUT2D eigenvalue weighted by molar-refractivity contribution is 5.97. The summed E-state index contributed by atoms with van der Waals surface area (Å²) in [6, 6.07) is 4.03. The van der Waals surface area contributed by atoms with E-state index in [0.717, 1.165) is 0 Å². The van der Waals surface area contributed by atoms with Gasteiger partial charge in [-0.25, -0.2) is 9.59 Å². The molecule has 0 aliphatic carbocycles. The zero-order valence-corrected chi connectivity index (χ0v) is 14.9. The standard InChI is InChI=1S/C17H23N3O5/c1-9(2)13(20-16(23)25-17(3,4)5)14(21)18-10-6-7-11-12(8-10)24-15(22)19-11/h6-9,13H,1-5H3,(H,18,21)(H,19,22)(H,20,23). The molecule has 136 valence electrons. The number of H-pyrrole nitrogens is 1. The third kappa shape index (κ3) is 5.10. The Kier molecular flexibility index (Phi) is 5.20. The minimum atomic E-state index is -0.774. The number of fused-ring (bicyclic) bond motifs is 1. The van der Waals surface area contributed by atoms with Crippen LogP contribution in [0.25, 0.3) is 11.1 Å². The van der Waals surface area contributed by atoms with Crippen molar-refractivity contribution in [3.05, 3.63) is 28.7 Å². The Balaban J connectivity index is 2.10. The minimum Gasteiger partial charge on any atom is -0.444 e. The lowest BCUT2D eigenvalue weighted by Gasteiger charge is -2.25. The number of hydrogen-bond acceptors (Lipinski definition) is 5. The Morgan fingerprint density at radius 2 is 1.92 bits per heavy atom. The number of carbonyl (C=O) groups excluding carboxylic acids is 2. The molecule has 25 heavy (non-hydrogen) atoms. The number of oxazole rings is 1. The van der Waals surface area contributed by atoms with Gasteiger partial charge in [-0.2, -0.15) is 0 Å². The first-order valence-electron chi connectivity index (χ1n) is 7.98. The monoisotopic (exact) mass is 349 g/mol. The van der Waals surface area contributed by atoms with Gasteiger partial charge in [0.2, 0.25) is 5.91 Å². The fourth-order valence-corrected chi connectivity index (χ4v) is 2.21. The number of benzene rings is 1. The molecule has 1 unspecified atom stereocenters. The van der Waals surface area contributed by atoms with Gasteiger partial charge in [-0.05, 0) is 38.8 Å². The van der Waals surface area contributed by atoms with Crippen molar-refractivity contribution in [3.63, 3.8) is 0 Å². The lowest BCUT2D eigenvalue weighted by atomic mass is 10.0. The Bertz CT molecular complexity index is 829. The van der Waals surface area contributed by atoms with E-state index < -0.39 is 29.4 Å². The third-order valence-corrected chi connectivity index (χ3v) is 3.31. The van der Waals surface area contributed by atoms with Crippen LogP contribution in [0.4, 0.5) is 10.5 Å². The van der Waals surface area contributed by atoms with Crippen molar-refractivity contribution >= 4 is 28.8 Å². The number of nitrogens with one attached hydrogen (secondary N) is 3. The molecule has 0 spiro atoms. The molecular weight excluding hydrogens is 326 g/mol. The van der Waals surface area contributed by atoms with Gasteiger partial charge in [0, 0.05) is 11.8 Å². The summed E-state index contributed by atoms with van der Waals surface area (Å²) in [4.78, 5) is 38.2. The second kappa shape index (κ2) is 7.00. The number of carbonyl (C=O) groups is 2. The first kappa shape index (κ1) is 18.6. The molecule has 0 aliphatic rings. The van der Waals surface area contributed by atoms with Crippen molar-refractivity contribution in [3.8, 4) is 0 Å². The molecule has 8 nitrogen and oxygen atoms in total. The quantitative estimate of drug-likeness (QED) is 0.785. The maximum Gasteiger partial charge on any atom is 0.417 e. The Morgan fingerprint density at radius 3 is 2.52 bits per heavy atom. The highest BCUT2D eigenvalue weighted by Crippen LogP contribution is 2.17. The van der Waals surface area contributed by atoms with Gasteiger partial charge in [-0.3, -0.25) is 9.78 Å². The van der Waals surface area contributed by atoms with Crippen molar-refractivity contribution in [2.75, 3.05) is 5.32 Å². The zero-order valence-electron chi connectivity index (χ0n) is 14.9. The highest BCUT2D eigenvalue weighted by Gasteiger charge is 2.27. The highest BCUT2D eigenvalue weighted by atomic mass is 16.6. The molecule has 1 atom stereocenters. The largest absolute Gasteiger partial charge is 0.444 e. The summed E-state index contributed by atoms with van der Waals surface area (Å²) in [7, 11) is 0. The Hall–Kier alpha value is -2.77. The fourth-order valence-electron chi connectivity index (χ4n) is 2.21. The fraction of sp³-hybridized carbons (Fsp3) is 0.471.